The minimum Gasteiger partial charge on any atom is -0.452 e. The fourth-order valence-electron chi connectivity index (χ4n) is 3.27. The highest BCUT2D eigenvalue weighted by Gasteiger charge is 2.40. The molecule has 0 bridgehead atoms. The Morgan fingerprint density at radius 3 is 2.24 bits per heavy atom. The quantitative estimate of drug-likeness (QED) is 0.257. The average molecular weight is 468 g/mol. The van der Waals surface area contributed by atoms with Gasteiger partial charge in [-0.15, -0.1) is 0 Å². The van der Waals surface area contributed by atoms with Crippen molar-refractivity contribution in [3.8, 4) is 0 Å². The lowest BCUT2D eigenvalue weighted by atomic mass is 10.1. The molecule has 0 aliphatic carbocycles. The maximum absolute atomic E-state index is 12.5. The van der Waals surface area contributed by atoms with Gasteiger partial charge in [0.1, 0.15) is 5.56 Å². The van der Waals surface area contributed by atoms with E-state index in [-0.39, 0.29) is 23.6 Å². The zero-order valence-electron chi connectivity index (χ0n) is 18.2. The van der Waals surface area contributed by atoms with Crippen molar-refractivity contribution in [1.82, 2.24) is 4.90 Å². The van der Waals surface area contributed by atoms with E-state index in [1.807, 2.05) is 0 Å². The van der Waals surface area contributed by atoms with Crippen LogP contribution in [0.25, 0.3) is 0 Å². The highest BCUT2D eigenvalue weighted by atomic mass is 16.6. The van der Waals surface area contributed by atoms with Gasteiger partial charge in [-0.25, -0.2) is 0 Å². The lowest BCUT2D eigenvalue weighted by Gasteiger charge is -2.16. The van der Waals surface area contributed by atoms with Gasteiger partial charge in [-0.3, -0.25) is 39.0 Å². The van der Waals surface area contributed by atoms with Crippen LogP contribution in [0.5, 0.6) is 0 Å². The van der Waals surface area contributed by atoms with Crippen molar-refractivity contribution in [1.29, 1.82) is 0 Å². The SMILES string of the molecule is CC(=O)Nc1ccc(NC(=O)[C@@H](C)OC(=O)CCN2C(=O)c3cccc([N+](=O)[O-])c3C2=O)cc1. The molecule has 1 heterocycles. The lowest BCUT2D eigenvalue weighted by molar-refractivity contribution is -0.385. The Hall–Kier alpha value is -4.61. The van der Waals surface area contributed by atoms with Crippen molar-refractivity contribution in [2.24, 2.45) is 0 Å². The molecule has 12 heteroatoms. The fourth-order valence-corrected chi connectivity index (χ4v) is 3.27. The number of fused-ring (bicyclic) bond motifs is 1. The first-order valence-electron chi connectivity index (χ1n) is 10.1. The van der Waals surface area contributed by atoms with E-state index in [4.69, 9.17) is 4.74 Å². The molecule has 1 aliphatic rings. The second-order valence-electron chi connectivity index (χ2n) is 7.35. The third-order valence-corrected chi connectivity index (χ3v) is 4.86. The standard InChI is InChI=1S/C22H20N4O8/c1-12(20(29)24-15-8-6-14(7-9-15)23-13(2)27)34-18(28)10-11-25-21(30)16-4-3-5-17(26(32)33)19(16)22(25)31/h3-9,12H,10-11H2,1-2H3,(H,23,27)(H,24,29)/t12-/m1/s1. The van der Waals surface area contributed by atoms with Gasteiger partial charge >= 0.3 is 5.97 Å². The van der Waals surface area contributed by atoms with Crippen LogP contribution in [-0.2, 0) is 19.1 Å². The summed E-state index contributed by atoms with van der Waals surface area (Å²) in [5, 5.41) is 16.3. The number of anilines is 2. The first kappa shape index (κ1) is 24.0. The normalized spacial score (nSPS) is 13.2. The van der Waals surface area contributed by atoms with E-state index in [9.17, 15) is 34.1 Å². The molecule has 2 N–H and O–H groups in total. The first-order chi connectivity index (χ1) is 16.1. The molecule has 0 aromatic heterocycles. The van der Waals surface area contributed by atoms with E-state index < -0.39 is 46.8 Å². The predicted molar refractivity (Wildman–Crippen MR) is 118 cm³/mol. The van der Waals surface area contributed by atoms with Crippen LogP contribution in [0.1, 0.15) is 41.0 Å². The molecule has 34 heavy (non-hydrogen) atoms. The second-order valence-corrected chi connectivity index (χ2v) is 7.35. The van der Waals surface area contributed by atoms with Crippen molar-refractivity contribution < 1.29 is 33.6 Å². The maximum atomic E-state index is 12.5. The summed E-state index contributed by atoms with van der Waals surface area (Å²) in [6.07, 6.45) is -1.58. The van der Waals surface area contributed by atoms with E-state index in [1.165, 1.54) is 26.0 Å². The van der Waals surface area contributed by atoms with E-state index >= 15 is 0 Å². The summed E-state index contributed by atoms with van der Waals surface area (Å²) < 4.78 is 5.06. The van der Waals surface area contributed by atoms with Crippen LogP contribution in [0.15, 0.2) is 42.5 Å². The Morgan fingerprint density at radius 1 is 1.03 bits per heavy atom. The zero-order chi connectivity index (χ0) is 25.0. The number of amides is 4. The highest BCUT2D eigenvalue weighted by molar-refractivity contribution is 6.23. The number of nitrogens with zero attached hydrogens (tertiary/aromatic N) is 2. The van der Waals surface area contributed by atoms with Crippen molar-refractivity contribution in [2.45, 2.75) is 26.4 Å². The number of nitro groups is 1. The van der Waals surface area contributed by atoms with Crippen LogP contribution < -0.4 is 10.6 Å². The molecule has 12 nitrogen and oxygen atoms in total. The van der Waals surface area contributed by atoms with E-state index in [2.05, 4.69) is 10.6 Å². The summed E-state index contributed by atoms with van der Waals surface area (Å²) in [6.45, 7) is 2.36. The monoisotopic (exact) mass is 468 g/mol. The predicted octanol–water partition coefficient (Wildman–Crippen LogP) is 2.11. The van der Waals surface area contributed by atoms with E-state index in [0.29, 0.717) is 11.4 Å². The molecule has 0 radical (unpaired) electrons. The number of ether oxygens (including phenoxy) is 1. The Labute approximate surface area is 193 Å². The third-order valence-electron chi connectivity index (χ3n) is 4.86. The van der Waals surface area contributed by atoms with Gasteiger partial charge < -0.3 is 15.4 Å². The van der Waals surface area contributed by atoms with Gasteiger partial charge in [-0.1, -0.05) is 6.07 Å². The third kappa shape index (κ3) is 5.23. The van der Waals surface area contributed by atoms with E-state index in [1.54, 1.807) is 24.3 Å². The van der Waals surface area contributed by atoms with Crippen LogP contribution in [0.4, 0.5) is 17.1 Å². The number of nitro benzene ring substituents is 1. The molecule has 176 valence electrons. The Balaban J connectivity index is 1.53. The molecular formula is C22H20N4O8. The Bertz CT molecular complexity index is 1190. The van der Waals surface area contributed by atoms with Crippen molar-refractivity contribution >= 4 is 46.7 Å². The summed E-state index contributed by atoms with van der Waals surface area (Å²) in [7, 11) is 0. The summed E-state index contributed by atoms with van der Waals surface area (Å²) in [6, 6.07) is 10.00. The number of benzene rings is 2. The molecule has 0 unspecified atom stereocenters. The molecule has 0 spiro atoms. The van der Waals surface area contributed by atoms with Crippen LogP contribution >= 0.6 is 0 Å². The molecule has 0 saturated heterocycles. The summed E-state index contributed by atoms with van der Waals surface area (Å²) >= 11 is 0. The number of esters is 1. The Kier molecular flexibility index (Phi) is 7.00. The van der Waals surface area contributed by atoms with Crippen LogP contribution in [0.3, 0.4) is 0 Å². The molecule has 1 aliphatic heterocycles. The smallest absolute Gasteiger partial charge is 0.308 e. The number of rotatable bonds is 8. The van der Waals surface area contributed by atoms with Crippen LogP contribution in [-0.4, -0.2) is 52.1 Å². The number of nitrogens with one attached hydrogen (secondary N) is 2. The number of carbonyl (C=O) groups excluding carboxylic acids is 5. The molecule has 1 atom stereocenters. The number of carbonyl (C=O) groups is 5. The van der Waals surface area contributed by atoms with Gasteiger partial charge in [0.05, 0.1) is 16.9 Å². The van der Waals surface area contributed by atoms with Crippen molar-refractivity contribution in [3.05, 3.63) is 63.7 Å². The minimum atomic E-state index is -1.18. The van der Waals surface area contributed by atoms with Gasteiger partial charge in [0.15, 0.2) is 6.10 Å². The second kappa shape index (κ2) is 9.90. The molecule has 2 aromatic rings. The number of hydrogen-bond acceptors (Lipinski definition) is 8. The average Bonchev–Trinajstić information content (AvgIpc) is 3.03. The van der Waals surface area contributed by atoms with Crippen LogP contribution in [0, 0.1) is 10.1 Å². The molecule has 4 amide bonds. The van der Waals surface area contributed by atoms with E-state index in [0.717, 1.165) is 11.0 Å². The largest absolute Gasteiger partial charge is 0.452 e. The van der Waals surface area contributed by atoms with Gasteiger partial charge in [0, 0.05) is 30.9 Å². The van der Waals surface area contributed by atoms with Crippen molar-refractivity contribution in [2.75, 3.05) is 17.2 Å². The minimum absolute atomic E-state index is 0.107. The van der Waals surface area contributed by atoms with Crippen LogP contribution in [0.2, 0.25) is 0 Å². The molecule has 3 rings (SSSR count). The van der Waals surface area contributed by atoms with Gasteiger partial charge in [-0.05, 0) is 37.3 Å². The topological polar surface area (TPSA) is 165 Å². The summed E-state index contributed by atoms with van der Waals surface area (Å²) in [5.41, 5.74) is 0.0439. The fraction of sp³-hybridized carbons (Fsp3) is 0.227. The summed E-state index contributed by atoms with van der Waals surface area (Å²) in [5.74, 6) is -3.30. The first-order valence-corrected chi connectivity index (χ1v) is 10.1. The van der Waals surface area contributed by atoms with Gasteiger partial charge in [-0.2, -0.15) is 0 Å². The maximum Gasteiger partial charge on any atom is 0.308 e. The molecule has 2 aromatic carbocycles. The molecular weight excluding hydrogens is 448 g/mol. The molecule has 0 saturated carbocycles. The highest BCUT2D eigenvalue weighted by Crippen LogP contribution is 2.30. The number of imide groups is 1. The zero-order valence-corrected chi connectivity index (χ0v) is 18.2. The van der Waals surface area contributed by atoms with Gasteiger partial charge in [0.25, 0.3) is 23.4 Å². The Morgan fingerprint density at radius 2 is 1.65 bits per heavy atom. The lowest BCUT2D eigenvalue weighted by Crippen LogP contribution is -2.34. The molecule has 0 fully saturated rings. The number of hydrogen-bond donors (Lipinski definition) is 2. The van der Waals surface area contributed by atoms with Crippen molar-refractivity contribution in [3.63, 3.8) is 0 Å². The summed E-state index contributed by atoms with van der Waals surface area (Å²) in [4.78, 5) is 71.6. The van der Waals surface area contributed by atoms with Gasteiger partial charge in [0.2, 0.25) is 5.91 Å².